The summed E-state index contributed by atoms with van der Waals surface area (Å²) in [4.78, 5) is 14.4. The van der Waals surface area contributed by atoms with Crippen molar-refractivity contribution in [2.75, 3.05) is 6.54 Å². The lowest BCUT2D eigenvalue weighted by molar-refractivity contribution is -0.138. The summed E-state index contributed by atoms with van der Waals surface area (Å²) in [5.74, 6) is 0.483. The number of hydrogen-bond acceptors (Lipinski definition) is 4. The number of hydrogen-bond donors (Lipinski definition) is 1. The van der Waals surface area contributed by atoms with Crippen molar-refractivity contribution < 1.29 is 13.2 Å². The number of sulfonamides is 1. The zero-order valence-corrected chi connectivity index (χ0v) is 14.6. The highest BCUT2D eigenvalue weighted by Crippen LogP contribution is 2.30. The monoisotopic (exact) mass is 352 g/mol. The van der Waals surface area contributed by atoms with E-state index in [4.69, 9.17) is 0 Å². The second-order valence-corrected chi connectivity index (χ2v) is 9.20. The molecule has 3 aliphatic rings. The highest BCUT2D eigenvalue weighted by molar-refractivity contribution is 7.90. The van der Waals surface area contributed by atoms with Gasteiger partial charge in [-0.3, -0.25) is 9.48 Å². The quantitative estimate of drug-likeness (QED) is 0.857. The average molecular weight is 352 g/mol. The Bertz CT molecular complexity index is 735. The lowest BCUT2D eigenvalue weighted by Gasteiger charge is -2.30. The average Bonchev–Trinajstić information content (AvgIpc) is 3.29. The minimum atomic E-state index is -3.19. The first-order valence-electron chi connectivity index (χ1n) is 8.86. The van der Waals surface area contributed by atoms with Gasteiger partial charge in [-0.2, -0.15) is 5.10 Å². The molecule has 1 aromatic heterocycles. The van der Waals surface area contributed by atoms with Crippen molar-refractivity contribution in [2.45, 2.75) is 63.4 Å². The fourth-order valence-corrected chi connectivity index (χ4v) is 4.72. The van der Waals surface area contributed by atoms with Crippen LogP contribution in [-0.2, 0) is 34.5 Å². The summed E-state index contributed by atoms with van der Waals surface area (Å²) >= 11 is 0. The van der Waals surface area contributed by atoms with Crippen LogP contribution in [0.15, 0.2) is 6.07 Å². The highest BCUT2D eigenvalue weighted by atomic mass is 32.2. The molecule has 132 valence electrons. The van der Waals surface area contributed by atoms with E-state index in [9.17, 15) is 13.2 Å². The number of fused-ring (bicyclic) bond motifs is 1. The Morgan fingerprint density at radius 3 is 2.67 bits per heavy atom. The summed E-state index contributed by atoms with van der Waals surface area (Å²) in [6.45, 7) is 2.37. The Balaban J connectivity index is 1.42. The number of amides is 1. The first kappa shape index (κ1) is 16.1. The summed E-state index contributed by atoms with van der Waals surface area (Å²) in [5.41, 5.74) is 1.73. The van der Waals surface area contributed by atoms with Crippen LogP contribution in [0.1, 0.15) is 49.9 Å². The third-order valence-corrected chi connectivity index (χ3v) is 7.14. The Kier molecular flexibility index (Phi) is 4.12. The van der Waals surface area contributed by atoms with Gasteiger partial charge in [0, 0.05) is 19.0 Å². The van der Waals surface area contributed by atoms with E-state index in [0.717, 1.165) is 63.0 Å². The molecular weight excluding hydrogens is 328 g/mol. The molecule has 0 unspecified atom stereocenters. The second-order valence-electron chi connectivity index (χ2n) is 7.16. The SMILES string of the molecule is O=C(C1CCC1)N1CCCn2nc(CNS(=O)(=O)C3CC3)cc2C1. The maximum atomic E-state index is 12.5. The van der Waals surface area contributed by atoms with Crippen LogP contribution in [0.4, 0.5) is 0 Å². The van der Waals surface area contributed by atoms with Gasteiger partial charge in [-0.25, -0.2) is 13.1 Å². The smallest absolute Gasteiger partial charge is 0.226 e. The van der Waals surface area contributed by atoms with E-state index in [0.29, 0.717) is 6.54 Å². The van der Waals surface area contributed by atoms with Crippen molar-refractivity contribution >= 4 is 15.9 Å². The van der Waals surface area contributed by atoms with Gasteiger partial charge in [0.15, 0.2) is 0 Å². The number of aryl methyl sites for hydroxylation is 1. The van der Waals surface area contributed by atoms with Gasteiger partial charge in [0.1, 0.15) is 0 Å². The summed E-state index contributed by atoms with van der Waals surface area (Å²) in [6, 6.07) is 1.93. The Morgan fingerprint density at radius 2 is 2.00 bits per heavy atom. The van der Waals surface area contributed by atoms with Gasteiger partial charge >= 0.3 is 0 Å². The van der Waals surface area contributed by atoms with E-state index in [1.165, 1.54) is 0 Å². The van der Waals surface area contributed by atoms with E-state index >= 15 is 0 Å². The van der Waals surface area contributed by atoms with Crippen LogP contribution in [0, 0.1) is 5.92 Å². The highest BCUT2D eigenvalue weighted by Gasteiger charge is 2.35. The number of rotatable bonds is 5. The Morgan fingerprint density at radius 1 is 1.21 bits per heavy atom. The number of nitrogens with zero attached hydrogens (tertiary/aromatic N) is 3. The minimum absolute atomic E-state index is 0.212. The molecular formula is C16H24N4O3S. The first-order valence-corrected chi connectivity index (χ1v) is 10.4. The lowest BCUT2D eigenvalue weighted by Crippen LogP contribution is -2.38. The van der Waals surface area contributed by atoms with Gasteiger partial charge in [-0.1, -0.05) is 6.42 Å². The van der Waals surface area contributed by atoms with E-state index < -0.39 is 10.0 Å². The molecule has 1 amide bonds. The van der Waals surface area contributed by atoms with Crippen molar-refractivity contribution in [1.29, 1.82) is 0 Å². The molecule has 0 spiro atoms. The molecule has 4 rings (SSSR count). The normalized spacial score (nSPS) is 21.9. The van der Waals surface area contributed by atoms with Crippen molar-refractivity contribution in [1.82, 2.24) is 19.4 Å². The molecule has 2 saturated carbocycles. The number of carbonyl (C=O) groups excluding carboxylic acids is 1. The summed E-state index contributed by atoms with van der Waals surface area (Å²) in [5, 5.41) is 4.30. The standard InChI is InChI=1S/C16H24N4O3S/c21-16(12-3-1-4-12)19-7-2-8-20-14(11-19)9-13(18-20)10-17-24(22,23)15-5-6-15/h9,12,15,17H,1-8,10-11H2. The number of carbonyl (C=O) groups is 1. The largest absolute Gasteiger partial charge is 0.337 e. The van der Waals surface area contributed by atoms with Crippen LogP contribution in [0.3, 0.4) is 0 Å². The fourth-order valence-electron chi connectivity index (χ4n) is 3.38. The van der Waals surface area contributed by atoms with Crippen LogP contribution in [0.5, 0.6) is 0 Å². The third kappa shape index (κ3) is 3.21. The molecule has 2 aliphatic carbocycles. The zero-order valence-electron chi connectivity index (χ0n) is 13.8. The molecule has 1 N–H and O–H groups in total. The fraction of sp³-hybridized carbons (Fsp3) is 0.750. The number of nitrogens with one attached hydrogen (secondary N) is 1. The lowest BCUT2D eigenvalue weighted by atomic mass is 9.84. The van der Waals surface area contributed by atoms with E-state index in [1.807, 2.05) is 15.6 Å². The molecule has 0 radical (unpaired) electrons. The van der Waals surface area contributed by atoms with Crippen LogP contribution >= 0.6 is 0 Å². The Hall–Kier alpha value is -1.41. The van der Waals surface area contributed by atoms with Crippen LogP contribution in [0.25, 0.3) is 0 Å². The summed E-state index contributed by atoms with van der Waals surface area (Å²) in [7, 11) is -3.19. The third-order valence-electron chi connectivity index (χ3n) is 5.25. The van der Waals surface area contributed by atoms with E-state index in [1.54, 1.807) is 0 Å². The molecule has 0 atom stereocenters. The van der Waals surface area contributed by atoms with Crippen LogP contribution < -0.4 is 4.72 Å². The van der Waals surface area contributed by atoms with Crippen molar-refractivity contribution in [2.24, 2.45) is 5.92 Å². The van der Waals surface area contributed by atoms with Gasteiger partial charge < -0.3 is 4.90 Å². The Labute approximate surface area is 142 Å². The minimum Gasteiger partial charge on any atom is -0.337 e. The van der Waals surface area contributed by atoms with Gasteiger partial charge in [0.25, 0.3) is 0 Å². The first-order chi connectivity index (χ1) is 11.5. The molecule has 1 aliphatic heterocycles. The second kappa shape index (κ2) is 6.15. The molecule has 0 saturated heterocycles. The van der Waals surface area contributed by atoms with Crippen molar-refractivity contribution in [3.8, 4) is 0 Å². The number of aromatic nitrogens is 2. The van der Waals surface area contributed by atoms with Crippen molar-refractivity contribution in [3.63, 3.8) is 0 Å². The molecule has 24 heavy (non-hydrogen) atoms. The molecule has 2 fully saturated rings. The molecule has 0 bridgehead atoms. The summed E-state index contributed by atoms with van der Waals surface area (Å²) in [6.07, 6.45) is 5.60. The van der Waals surface area contributed by atoms with Crippen LogP contribution in [-0.4, -0.2) is 40.8 Å². The van der Waals surface area contributed by atoms with E-state index in [2.05, 4.69) is 9.82 Å². The molecule has 7 nitrogen and oxygen atoms in total. The van der Waals surface area contributed by atoms with Gasteiger partial charge in [-0.15, -0.1) is 0 Å². The van der Waals surface area contributed by atoms with Gasteiger partial charge in [0.05, 0.1) is 29.7 Å². The predicted octanol–water partition coefficient (Wildman–Crippen LogP) is 0.997. The zero-order chi connectivity index (χ0) is 16.7. The predicted molar refractivity (Wildman–Crippen MR) is 88.4 cm³/mol. The van der Waals surface area contributed by atoms with Crippen molar-refractivity contribution in [3.05, 3.63) is 17.5 Å². The van der Waals surface area contributed by atoms with Gasteiger partial charge in [0.2, 0.25) is 15.9 Å². The maximum absolute atomic E-state index is 12.5. The summed E-state index contributed by atoms with van der Waals surface area (Å²) < 4.78 is 28.4. The molecule has 2 heterocycles. The van der Waals surface area contributed by atoms with Gasteiger partial charge in [-0.05, 0) is 38.2 Å². The van der Waals surface area contributed by atoms with Crippen LogP contribution in [0.2, 0.25) is 0 Å². The molecule has 0 aromatic carbocycles. The molecule has 8 heteroatoms. The topological polar surface area (TPSA) is 84.3 Å². The molecule has 1 aromatic rings. The maximum Gasteiger partial charge on any atom is 0.226 e. The van der Waals surface area contributed by atoms with E-state index in [-0.39, 0.29) is 23.6 Å².